The minimum absolute atomic E-state index is 0.0400. The summed E-state index contributed by atoms with van der Waals surface area (Å²) in [4.78, 5) is 44.1. The van der Waals surface area contributed by atoms with Gasteiger partial charge in [-0.3, -0.25) is 14.4 Å². The molecule has 0 spiro atoms. The standard InChI is InChI=1S/C32H40N4O3/c1-22-27(15-10-18-34-22)31(38)36(4)29(21-24-16-17-25-13-8-9-14-26(25)19-24)32(39)35(3)28(30(37)33-2)20-23-11-6-5-7-12-23/h5-9,11-14,16-17,19,22,27-29,34H,10,15,18,20-21H2,1-4H3,(H,33,37)/t22?,27-,28+,29+/m0/s1. The third-order valence-corrected chi connectivity index (χ3v) is 8.06. The number of hydrogen-bond donors (Lipinski definition) is 2. The number of nitrogens with one attached hydrogen (secondary N) is 2. The summed E-state index contributed by atoms with van der Waals surface area (Å²) in [5.41, 5.74) is 1.93. The van der Waals surface area contributed by atoms with E-state index in [4.69, 9.17) is 0 Å². The Morgan fingerprint density at radius 3 is 2.23 bits per heavy atom. The molecule has 1 fully saturated rings. The highest BCUT2D eigenvalue weighted by molar-refractivity contribution is 5.93. The molecule has 1 aliphatic rings. The largest absolute Gasteiger partial charge is 0.357 e. The molecule has 0 bridgehead atoms. The average molecular weight is 529 g/mol. The van der Waals surface area contributed by atoms with E-state index in [-0.39, 0.29) is 29.7 Å². The van der Waals surface area contributed by atoms with Crippen molar-refractivity contribution in [2.24, 2.45) is 5.92 Å². The Kier molecular flexibility index (Phi) is 9.36. The van der Waals surface area contributed by atoms with E-state index in [1.54, 1.807) is 26.0 Å². The van der Waals surface area contributed by atoms with Crippen LogP contribution in [0.25, 0.3) is 10.8 Å². The van der Waals surface area contributed by atoms with Crippen LogP contribution in [0.15, 0.2) is 72.8 Å². The molecule has 206 valence electrons. The van der Waals surface area contributed by atoms with Gasteiger partial charge in [0.25, 0.3) is 0 Å². The topological polar surface area (TPSA) is 81.8 Å². The zero-order valence-corrected chi connectivity index (χ0v) is 23.4. The SMILES string of the molecule is CNC(=O)[C@@H](Cc1ccccc1)N(C)C(=O)[C@@H](Cc1ccc2ccccc2c1)N(C)C(=O)[C@H]1CCCNC1C. The van der Waals surface area contributed by atoms with Crippen LogP contribution in [0, 0.1) is 5.92 Å². The summed E-state index contributed by atoms with van der Waals surface area (Å²) in [6.07, 6.45) is 2.45. The molecule has 3 amide bonds. The van der Waals surface area contributed by atoms with Crippen molar-refractivity contribution in [3.63, 3.8) is 0 Å². The summed E-state index contributed by atoms with van der Waals surface area (Å²) in [7, 11) is 4.98. The first-order chi connectivity index (χ1) is 18.8. The van der Waals surface area contributed by atoms with Crippen molar-refractivity contribution in [2.75, 3.05) is 27.7 Å². The summed E-state index contributed by atoms with van der Waals surface area (Å²) in [6.45, 7) is 2.92. The molecule has 3 aromatic carbocycles. The van der Waals surface area contributed by atoms with E-state index in [9.17, 15) is 14.4 Å². The number of amides is 3. The highest BCUT2D eigenvalue weighted by atomic mass is 16.2. The van der Waals surface area contributed by atoms with Crippen molar-refractivity contribution in [2.45, 2.75) is 50.7 Å². The van der Waals surface area contributed by atoms with Crippen molar-refractivity contribution < 1.29 is 14.4 Å². The van der Waals surface area contributed by atoms with E-state index >= 15 is 0 Å². The number of likely N-dealkylation sites (N-methyl/N-ethyl adjacent to an activating group) is 3. The predicted octanol–water partition coefficient (Wildman–Crippen LogP) is 3.41. The van der Waals surface area contributed by atoms with Gasteiger partial charge in [0.05, 0.1) is 5.92 Å². The molecule has 1 saturated heterocycles. The van der Waals surface area contributed by atoms with E-state index in [2.05, 4.69) is 22.8 Å². The third-order valence-electron chi connectivity index (χ3n) is 8.06. The highest BCUT2D eigenvalue weighted by Gasteiger charge is 2.38. The summed E-state index contributed by atoms with van der Waals surface area (Å²) in [5.74, 6) is -0.722. The van der Waals surface area contributed by atoms with Crippen molar-refractivity contribution >= 4 is 28.5 Å². The number of carbonyl (C=O) groups is 3. The zero-order valence-electron chi connectivity index (χ0n) is 23.4. The van der Waals surface area contributed by atoms with Gasteiger partial charge in [0, 0.05) is 40.0 Å². The predicted molar refractivity (Wildman–Crippen MR) is 155 cm³/mol. The number of rotatable bonds is 9. The van der Waals surface area contributed by atoms with Gasteiger partial charge in [0.2, 0.25) is 17.7 Å². The van der Waals surface area contributed by atoms with Gasteiger partial charge in [0.1, 0.15) is 12.1 Å². The van der Waals surface area contributed by atoms with Gasteiger partial charge < -0.3 is 20.4 Å². The first kappa shape index (κ1) is 28.3. The zero-order chi connectivity index (χ0) is 27.9. The van der Waals surface area contributed by atoms with Crippen LogP contribution in [-0.2, 0) is 27.2 Å². The summed E-state index contributed by atoms with van der Waals surface area (Å²) >= 11 is 0. The number of piperidine rings is 1. The van der Waals surface area contributed by atoms with Gasteiger partial charge >= 0.3 is 0 Å². The van der Waals surface area contributed by atoms with Gasteiger partial charge in [-0.1, -0.05) is 72.8 Å². The lowest BCUT2D eigenvalue weighted by atomic mass is 9.89. The second-order valence-corrected chi connectivity index (χ2v) is 10.6. The van der Waals surface area contributed by atoms with Crippen molar-refractivity contribution in [3.8, 4) is 0 Å². The molecule has 39 heavy (non-hydrogen) atoms. The number of benzene rings is 3. The molecule has 1 heterocycles. The molecule has 3 aromatic rings. The first-order valence-electron chi connectivity index (χ1n) is 13.8. The van der Waals surface area contributed by atoms with Gasteiger partial charge in [-0.25, -0.2) is 0 Å². The smallest absolute Gasteiger partial charge is 0.246 e. The highest BCUT2D eigenvalue weighted by Crippen LogP contribution is 2.23. The van der Waals surface area contributed by atoms with Crippen LogP contribution in [0.1, 0.15) is 30.9 Å². The van der Waals surface area contributed by atoms with E-state index in [0.29, 0.717) is 12.8 Å². The molecule has 7 nitrogen and oxygen atoms in total. The minimum atomic E-state index is -0.749. The monoisotopic (exact) mass is 528 g/mol. The normalized spacial score (nSPS) is 18.7. The minimum Gasteiger partial charge on any atom is -0.357 e. The van der Waals surface area contributed by atoms with Crippen molar-refractivity contribution in [1.29, 1.82) is 0 Å². The maximum atomic E-state index is 14.2. The lowest BCUT2D eigenvalue weighted by Gasteiger charge is -2.38. The first-order valence-corrected chi connectivity index (χ1v) is 13.8. The van der Waals surface area contributed by atoms with Crippen LogP contribution in [-0.4, -0.2) is 73.3 Å². The number of fused-ring (bicyclic) bond motifs is 1. The molecule has 7 heteroatoms. The van der Waals surface area contributed by atoms with Gasteiger partial charge in [-0.15, -0.1) is 0 Å². The lowest BCUT2D eigenvalue weighted by molar-refractivity contribution is -0.149. The lowest BCUT2D eigenvalue weighted by Crippen LogP contribution is -2.57. The molecule has 0 aliphatic carbocycles. The Morgan fingerprint density at radius 2 is 1.54 bits per heavy atom. The summed E-state index contributed by atoms with van der Waals surface area (Å²) in [6, 6.07) is 22.5. The maximum absolute atomic E-state index is 14.2. The van der Waals surface area contributed by atoms with E-state index < -0.39 is 12.1 Å². The van der Waals surface area contributed by atoms with Crippen LogP contribution in [0.3, 0.4) is 0 Å². The summed E-state index contributed by atoms with van der Waals surface area (Å²) < 4.78 is 0. The molecule has 0 saturated carbocycles. The number of nitrogens with zero attached hydrogens (tertiary/aromatic N) is 2. The quantitative estimate of drug-likeness (QED) is 0.446. The van der Waals surface area contributed by atoms with Crippen LogP contribution >= 0.6 is 0 Å². The van der Waals surface area contributed by atoms with Crippen molar-refractivity contribution in [1.82, 2.24) is 20.4 Å². The van der Waals surface area contributed by atoms with Crippen LogP contribution in [0.4, 0.5) is 0 Å². The van der Waals surface area contributed by atoms with E-state index in [0.717, 1.165) is 41.3 Å². The Morgan fingerprint density at radius 1 is 0.872 bits per heavy atom. The molecule has 4 rings (SSSR count). The summed E-state index contributed by atoms with van der Waals surface area (Å²) in [5, 5.41) is 8.32. The average Bonchev–Trinajstić information content (AvgIpc) is 2.97. The Bertz CT molecular complexity index is 1290. The Hall–Kier alpha value is -3.71. The fourth-order valence-electron chi connectivity index (χ4n) is 5.57. The molecule has 4 atom stereocenters. The Balaban J connectivity index is 1.65. The van der Waals surface area contributed by atoms with E-state index in [1.807, 2.05) is 67.6 Å². The van der Waals surface area contributed by atoms with Crippen LogP contribution in [0.5, 0.6) is 0 Å². The second-order valence-electron chi connectivity index (χ2n) is 10.6. The fraction of sp³-hybridized carbons (Fsp3) is 0.406. The van der Waals surface area contributed by atoms with Gasteiger partial charge in [-0.05, 0) is 48.2 Å². The number of carbonyl (C=O) groups excluding carboxylic acids is 3. The van der Waals surface area contributed by atoms with Gasteiger partial charge in [0.15, 0.2) is 0 Å². The molecule has 0 aromatic heterocycles. The molecular formula is C32H40N4O3. The fourth-order valence-corrected chi connectivity index (χ4v) is 5.57. The van der Waals surface area contributed by atoms with Crippen LogP contribution < -0.4 is 10.6 Å². The molecule has 1 aliphatic heterocycles. The molecule has 0 radical (unpaired) electrons. The molecule has 1 unspecified atom stereocenters. The van der Waals surface area contributed by atoms with E-state index in [1.165, 1.54) is 4.90 Å². The molecular weight excluding hydrogens is 488 g/mol. The number of hydrogen-bond acceptors (Lipinski definition) is 4. The molecule has 2 N–H and O–H groups in total. The van der Waals surface area contributed by atoms with Crippen molar-refractivity contribution in [3.05, 3.63) is 83.9 Å². The van der Waals surface area contributed by atoms with Gasteiger partial charge in [-0.2, -0.15) is 0 Å². The second kappa shape index (κ2) is 12.9. The maximum Gasteiger partial charge on any atom is 0.246 e. The third kappa shape index (κ3) is 6.66. The Labute approximate surface area is 231 Å². The van der Waals surface area contributed by atoms with Crippen LogP contribution in [0.2, 0.25) is 0 Å².